The quantitative estimate of drug-likeness (QED) is 0.252. The van der Waals surface area contributed by atoms with Crippen LogP contribution in [-0.2, 0) is 23.4 Å². The largest absolute Gasteiger partial charge is 0.407 e. The Morgan fingerprint density at radius 1 is 0.900 bits per heavy atom. The van der Waals surface area contributed by atoms with Crippen molar-refractivity contribution in [2.45, 2.75) is 82.5 Å². The average molecular weight is 559 g/mol. The van der Waals surface area contributed by atoms with Gasteiger partial charge in [-0.2, -0.15) is 0 Å². The molecule has 40 heavy (non-hydrogen) atoms. The zero-order valence-electron chi connectivity index (χ0n) is 24.2. The maximum absolute atomic E-state index is 13.2. The van der Waals surface area contributed by atoms with Crippen molar-refractivity contribution >= 4 is 24.5 Å². The first-order valence-electron chi connectivity index (χ1n) is 14.5. The third-order valence-corrected chi connectivity index (χ3v) is 13.4. The molecule has 0 bridgehead atoms. The molecule has 212 valence electrons. The van der Waals surface area contributed by atoms with Crippen LogP contribution < -0.4 is 10.4 Å². The topological polar surface area (TPSA) is 54.0 Å². The zero-order chi connectivity index (χ0) is 28.2. The van der Waals surface area contributed by atoms with Gasteiger partial charge in [-0.1, -0.05) is 112 Å². The molecule has 0 radical (unpaired) electrons. The molecule has 6 heteroatoms. The zero-order valence-corrected chi connectivity index (χ0v) is 25.2. The SMILES string of the molecule is CC(C)(C)[Si](OCCC[C@@H]1O[C@]2(C)CO[C@@H](c3ccccc3)O[C@H]2CCC1=O)(c1ccccc1)c1ccccc1. The number of rotatable bonds is 8. The van der Waals surface area contributed by atoms with Crippen molar-refractivity contribution in [3.63, 3.8) is 0 Å². The van der Waals surface area contributed by atoms with Crippen LogP contribution in [0.25, 0.3) is 0 Å². The number of carbonyl (C=O) groups excluding carboxylic acids is 1. The summed E-state index contributed by atoms with van der Waals surface area (Å²) in [7, 11) is -2.61. The highest BCUT2D eigenvalue weighted by Gasteiger charge is 2.50. The van der Waals surface area contributed by atoms with E-state index in [1.54, 1.807) is 0 Å². The Morgan fingerprint density at radius 3 is 2.05 bits per heavy atom. The molecule has 2 saturated heterocycles. The van der Waals surface area contributed by atoms with Gasteiger partial charge in [0.25, 0.3) is 8.32 Å². The summed E-state index contributed by atoms with van der Waals surface area (Å²) < 4.78 is 26.0. The van der Waals surface area contributed by atoms with Crippen LogP contribution >= 0.6 is 0 Å². The van der Waals surface area contributed by atoms with E-state index in [0.717, 1.165) is 12.0 Å². The van der Waals surface area contributed by atoms with Crippen molar-refractivity contribution < 1.29 is 23.4 Å². The molecule has 3 aromatic rings. The lowest BCUT2D eigenvalue weighted by atomic mass is 9.95. The number of hydrogen-bond acceptors (Lipinski definition) is 5. The van der Waals surface area contributed by atoms with Crippen molar-refractivity contribution in [2.24, 2.45) is 0 Å². The van der Waals surface area contributed by atoms with Gasteiger partial charge in [-0.15, -0.1) is 0 Å². The summed E-state index contributed by atoms with van der Waals surface area (Å²) in [5.74, 6) is 0.140. The van der Waals surface area contributed by atoms with Gasteiger partial charge in [0.1, 0.15) is 11.7 Å². The Kier molecular flexibility index (Phi) is 8.74. The molecule has 2 fully saturated rings. The smallest absolute Gasteiger partial charge is 0.261 e. The highest BCUT2D eigenvalue weighted by atomic mass is 28.4. The molecule has 0 aliphatic carbocycles. The molecule has 0 amide bonds. The minimum absolute atomic E-state index is 0.0862. The van der Waals surface area contributed by atoms with E-state index in [-0.39, 0.29) is 16.9 Å². The third kappa shape index (κ3) is 5.88. The standard InChI is InChI=1S/C34H42O5Si/c1-33(2,3)40(27-17-10-6-11-18-27,28-19-12-7-13-20-28)37-24-14-21-30-29(35)22-23-31-34(4,39-30)25-36-32(38-31)26-15-8-5-9-16-26/h5-13,15-20,30-32H,14,21-25H2,1-4H3/t30-,31-,32+,34+/m0/s1. The van der Waals surface area contributed by atoms with Gasteiger partial charge in [0.05, 0.1) is 12.7 Å². The van der Waals surface area contributed by atoms with Crippen LogP contribution in [0.5, 0.6) is 0 Å². The van der Waals surface area contributed by atoms with Crippen LogP contribution in [0.3, 0.4) is 0 Å². The molecule has 0 unspecified atom stereocenters. The summed E-state index contributed by atoms with van der Waals surface area (Å²) in [4.78, 5) is 13.2. The van der Waals surface area contributed by atoms with Gasteiger partial charge < -0.3 is 18.6 Å². The van der Waals surface area contributed by atoms with E-state index in [0.29, 0.717) is 32.5 Å². The van der Waals surface area contributed by atoms with Gasteiger partial charge in [0, 0.05) is 18.6 Å². The van der Waals surface area contributed by atoms with Crippen LogP contribution in [0.15, 0.2) is 91.0 Å². The van der Waals surface area contributed by atoms with E-state index in [1.165, 1.54) is 10.4 Å². The van der Waals surface area contributed by atoms with Crippen molar-refractivity contribution in [3.8, 4) is 0 Å². The monoisotopic (exact) mass is 558 g/mol. The Labute approximate surface area is 239 Å². The molecular weight excluding hydrogens is 516 g/mol. The normalized spacial score (nSPS) is 25.7. The predicted octanol–water partition coefficient (Wildman–Crippen LogP) is 5.96. The van der Waals surface area contributed by atoms with Crippen molar-refractivity contribution in [3.05, 3.63) is 96.6 Å². The Bertz CT molecular complexity index is 1200. The highest BCUT2D eigenvalue weighted by molar-refractivity contribution is 6.99. The molecule has 0 N–H and O–H groups in total. The molecule has 0 spiro atoms. The first kappa shape index (κ1) is 28.9. The fraction of sp³-hybridized carbons (Fsp3) is 0.441. The maximum atomic E-state index is 13.2. The number of fused-ring (bicyclic) bond motifs is 1. The number of benzene rings is 3. The molecule has 3 aromatic carbocycles. The third-order valence-electron chi connectivity index (χ3n) is 8.33. The number of ether oxygens (including phenoxy) is 3. The highest BCUT2D eigenvalue weighted by Crippen LogP contribution is 2.40. The summed E-state index contributed by atoms with van der Waals surface area (Å²) in [6.07, 6.45) is 1.30. The van der Waals surface area contributed by atoms with Gasteiger partial charge in [-0.3, -0.25) is 4.79 Å². The minimum atomic E-state index is -2.61. The van der Waals surface area contributed by atoms with Gasteiger partial charge >= 0.3 is 0 Å². The van der Waals surface area contributed by atoms with E-state index in [9.17, 15) is 4.79 Å². The second kappa shape index (κ2) is 12.1. The fourth-order valence-electron chi connectivity index (χ4n) is 6.24. The van der Waals surface area contributed by atoms with Gasteiger partial charge in [0.2, 0.25) is 0 Å². The lowest BCUT2D eigenvalue weighted by molar-refractivity contribution is -0.303. The van der Waals surface area contributed by atoms with Crippen LogP contribution in [0.4, 0.5) is 0 Å². The summed E-state index contributed by atoms with van der Waals surface area (Å²) >= 11 is 0. The summed E-state index contributed by atoms with van der Waals surface area (Å²) in [5.41, 5.74) is 0.318. The summed E-state index contributed by atoms with van der Waals surface area (Å²) in [6, 6.07) is 31.3. The molecule has 5 rings (SSSR count). The second-order valence-corrected chi connectivity index (χ2v) is 16.6. The Morgan fingerprint density at radius 2 is 1.48 bits per heavy atom. The molecule has 5 nitrogen and oxygen atoms in total. The van der Waals surface area contributed by atoms with E-state index >= 15 is 0 Å². The number of Topliss-reactive ketones (excluding diaryl/α,β-unsaturated/α-hetero) is 1. The van der Waals surface area contributed by atoms with Crippen LogP contribution in [-0.4, -0.2) is 45.1 Å². The van der Waals surface area contributed by atoms with Crippen LogP contribution in [0.2, 0.25) is 5.04 Å². The minimum Gasteiger partial charge on any atom is -0.407 e. The Hall–Kier alpha value is -2.61. The molecule has 0 aromatic heterocycles. The first-order valence-corrected chi connectivity index (χ1v) is 16.4. The fourth-order valence-corrected chi connectivity index (χ4v) is 10.8. The van der Waals surface area contributed by atoms with Gasteiger partial charge in [-0.05, 0) is 41.6 Å². The van der Waals surface area contributed by atoms with E-state index in [4.69, 9.17) is 18.6 Å². The van der Waals surface area contributed by atoms with Crippen molar-refractivity contribution in [1.29, 1.82) is 0 Å². The summed E-state index contributed by atoms with van der Waals surface area (Å²) in [5, 5.41) is 2.43. The van der Waals surface area contributed by atoms with E-state index in [2.05, 4.69) is 81.4 Å². The van der Waals surface area contributed by atoms with Gasteiger partial charge in [0.15, 0.2) is 12.1 Å². The van der Waals surface area contributed by atoms with Crippen LogP contribution in [0, 0.1) is 0 Å². The number of ketones is 1. The average Bonchev–Trinajstić information content (AvgIpc) is 3.09. The van der Waals surface area contributed by atoms with Crippen molar-refractivity contribution in [2.75, 3.05) is 13.2 Å². The van der Waals surface area contributed by atoms with Gasteiger partial charge in [-0.25, -0.2) is 0 Å². The molecule has 0 saturated carbocycles. The molecule has 2 aliphatic rings. The lowest BCUT2D eigenvalue weighted by Gasteiger charge is -2.44. The summed E-state index contributed by atoms with van der Waals surface area (Å²) in [6.45, 7) is 9.81. The number of carbonyl (C=O) groups is 1. The lowest BCUT2D eigenvalue weighted by Crippen LogP contribution is -2.66. The second-order valence-electron chi connectivity index (χ2n) is 12.3. The number of hydrogen-bond donors (Lipinski definition) is 0. The first-order chi connectivity index (χ1) is 19.2. The molecule has 2 aliphatic heterocycles. The van der Waals surface area contributed by atoms with E-state index in [1.807, 2.05) is 37.3 Å². The van der Waals surface area contributed by atoms with E-state index < -0.39 is 26.3 Å². The van der Waals surface area contributed by atoms with Crippen LogP contribution in [0.1, 0.15) is 65.2 Å². The maximum Gasteiger partial charge on any atom is 0.261 e. The molecular formula is C34H42O5Si. The molecule has 4 atom stereocenters. The Balaban J connectivity index is 1.28. The predicted molar refractivity (Wildman–Crippen MR) is 160 cm³/mol. The molecule has 2 heterocycles. The van der Waals surface area contributed by atoms with Crippen molar-refractivity contribution in [1.82, 2.24) is 0 Å².